The van der Waals surface area contributed by atoms with E-state index >= 15 is 0 Å². The Morgan fingerprint density at radius 2 is 2.16 bits per heavy atom. The summed E-state index contributed by atoms with van der Waals surface area (Å²) in [4.78, 5) is 0. The molecule has 3 rings (SSSR count). The highest BCUT2D eigenvalue weighted by Crippen LogP contribution is 2.40. The van der Waals surface area contributed by atoms with E-state index in [1.165, 1.54) is 18.9 Å². The molecule has 0 amide bonds. The Hall–Kier alpha value is -0.930. The third kappa shape index (κ3) is 2.82. The molecule has 0 spiro atoms. The van der Waals surface area contributed by atoms with Crippen LogP contribution in [0.3, 0.4) is 0 Å². The first-order valence-corrected chi connectivity index (χ1v) is 7.36. The quantitative estimate of drug-likeness (QED) is 0.901. The largest absolute Gasteiger partial charge is 0.380 e. The van der Waals surface area contributed by atoms with Crippen molar-refractivity contribution in [2.75, 3.05) is 19.8 Å². The molecule has 2 fully saturated rings. The lowest BCUT2D eigenvalue weighted by Crippen LogP contribution is -2.41. The summed E-state index contributed by atoms with van der Waals surface area (Å²) in [6.07, 6.45) is 5.92. The van der Waals surface area contributed by atoms with Gasteiger partial charge in [-0.15, -0.1) is 0 Å². The average molecular weight is 263 g/mol. The maximum Gasteiger partial charge on any atom is 0.123 e. The van der Waals surface area contributed by atoms with Gasteiger partial charge in [0.1, 0.15) is 5.82 Å². The van der Waals surface area contributed by atoms with Crippen molar-refractivity contribution < 1.29 is 9.13 Å². The summed E-state index contributed by atoms with van der Waals surface area (Å²) >= 11 is 0. The number of hydrogen-bond acceptors (Lipinski definition) is 2. The van der Waals surface area contributed by atoms with Crippen LogP contribution in [0.5, 0.6) is 0 Å². The van der Waals surface area contributed by atoms with Crippen molar-refractivity contribution in [1.29, 1.82) is 0 Å². The molecule has 2 nitrogen and oxygen atoms in total. The van der Waals surface area contributed by atoms with Gasteiger partial charge >= 0.3 is 0 Å². The van der Waals surface area contributed by atoms with Gasteiger partial charge in [0.25, 0.3) is 0 Å². The second kappa shape index (κ2) is 5.59. The zero-order valence-electron chi connectivity index (χ0n) is 11.3. The molecule has 0 aromatic heterocycles. The molecule has 2 aliphatic rings. The average Bonchev–Trinajstić information content (AvgIpc) is 3.09. The molecule has 0 bridgehead atoms. The van der Waals surface area contributed by atoms with Crippen LogP contribution in [-0.4, -0.2) is 25.8 Å². The van der Waals surface area contributed by atoms with Gasteiger partial charge in [0.15, 0.2) is 0 Å². The van der Waals surface area contributed by atoms with Crippen LogP contribution in [0.15, 0.2) is 24.3 Å². The van der Waals surface area contributed by atoms with E-state index in [1.54, 1.807) is 6.07 Å². The summed E-state index contributed by atoms with van der Waals surface area (Å²) < 4.78 is 18.9. The van der Waals surface area contributed by atoms with Crippen molar-refractivity contribution in [3.8, 4) is 0 Å². The Bertz CT molecular complexity index is 423. The van der Waals surface area contributed by atoms with E-state index < -0.39 is 0 Å². The Labute approximate surface area is 114 Å². The number of rotatable bonds is 4. The predicted molar refractivity (Wildman–Crippen MR) is 73.8 cm³/mol. The molecule has 1 aliphatic heterocycles. The van der Waals surface area contributed by atoms with E-state index in [4.69, 9.17) is 4.74 Å². The second-order valence-electron chi connectivity index (χ2n) is 5.94. The van der Waals surface area contributed by atoms with Crippen molar-refractivity contribution >= 4 is 0 Å². The molecule has 104 valence electrons. The van der Waals surface area contributed by atoms with E-state index in [1.807, 2.05) is 6.07 Å². The molecule has 0 radical (unpaired) electrons. The highest BCUT2D eigenvalue weighted by Gasteiger charge is 2.36. The van der Waals surface area contributed by atoms with Gasteiger partial charge < -0.3 is 10.1 Å². The number of halogens is 1. The summed E-state index contributed by atoms with van der Waals surface area (Å²) in [5.74, 6) is -0.118. The molecule has 1 heterocycles. The molecule has 1 aromatic carbocycles. The van der Waals surface area contributed by atoms with Gasteiger partial charge in [0.2, 0.25) is 0 Å². The molecule has 1 aromatic rings. The fourth-order valence-electron chi connectivity index (χ4n) is 3.47. The molecular weight excluding hydrogens is 241 g/mol. The monoisotopic (exact) mass is 263 g/mol. The maximum absolute atomic E-state index is 13.5. The zero-order valence-corrected chi connectivity index (χ0v) is 11.3. The van der Waals surface area contributed by atoms with E-state index in [0.29, 0.717) is 6.04 Å². The summed E-state index contributed by atoms with van der Waals surface area (Å²) in [5.41, 5.74) is 1.29. The third-order valence-electron chi connectivity index (χ3n) is 4.66. The molecule has 1 saturated heterocycles. The Kier molecular flexibility index (Phi) is 3.85. The third-order valence-corrected chi connectivity index (χ3v) is 4.66. The Balaban J connectivity index is 1.74. The van der Waals surface area contributed by atoms with E-state index in [0.717, 1.165) is 44.6 Å². The van der Waals surface area contributed by atoms with Gasteiger partial charge in [0.05, 0.1) is 6.61 Å². The molecule has 19 heavy (non-hydrogen) atoms. The minimum absolute atomic E-state index is 0.118. The summed E-state index contributed by atoms with van der Waals surface area (Å²) in [5, 5.41) is 3.63. The lowest BCUT2D eigenvalue weighted by atomic mass is 9.78. The van der Waals surface area contributed by atoms with Crippen LogP contribution in [-0.2, 0) is 10.2 Å². The van der Waals surface area contributed by atoms with Crippen molar-refractivity contribution in [2.24, 2.45) is 0 Å². The topological polar surface area (TPSA) is 21.3 Å². The fourth-order valence-corrected chi connectivity index (χ4v) is 3.47. The molecular formula is C16H22FNO. The minimum atomic E-state index is -0.118. The maximum atomic E-state index is 13.5. The smallest absolute Gasteiger partial charge is 0.123 e. The normalized spacial score (nSPS) is 25.8. The van der Waals surface area contributed by atoms with E-state index in [9.17, 15) is 4.39 Å². The van der Waals surface area contributed by atoms with Crippen molar-refractivity contribution in [2.45, 2.75) is 43.6 Å². The number of hydrogen-bond donors (Lipinski definition) is 1. The Morgan fingerprint density at radius 1 is 1.32 bits per heavy atom. The zero-order chi connectivity index (χ0) is 13.1. The summed E-state index contributed by atoms with van der Waals surface area (Å²) in [7, 11) is 0. The first kappa shape index (κ1) is 13.1. The molecule has 1 aliphatic carbocycles. The molecule has 3 heteroatoms. The Morgan fingerprint density at radius 3 is 2.84 bits per heavy atom. The van der Waals surface area contributed by atoms with Crippen LogP contribution in [0.1, 0.15) is 37.7 Å². The van der Waals surface area contributed by atoms with Gasteiger partial charge in [-0.2, -0.15) is 0 Å². The van der Waals surface area contributed by atoms with Gasteiger partial charge in [0, 0.05) is 24.6 Å². The number of ether oxygens (including phenoxy) is 1. The first-order chi connectivity index (χ1) is 9.28. The van der Waals surface area contributed by atoms with Crippen LogP contribution in [0.2, 0.25) is 0 Å². The van der Waals surface area contributed by atoms with Crippen molar-refractivity contribution in [3.05, 3.63) is 35.6 Å². The number of nitrogens with one attached hydrogen (secondary N) is 1. The van der Waals surface area contributed by atoms with Gasteiger partial charge in [-0.25, -0.2) is 4.39 Å². The van der Waals surface area contributed by atoms with Crippen molar-refractivity contribution in [3.63, 3.8) is 0 Å². The van der Waals surface area contributed by atoms with E-state index in [2.05, 4.69) is 11.4 Å². The van der Waals surface area contributed by atoms with Crippen LogP contribution in [0.25, 0.3) is 0 Å². The van der Waals surface area contributed by atoms with Gasteiger partial charge in [-0.3, -0.25) is 0 Å². The lowest BCUT2D eigenvalue weighted by molar-refractivity contribution is 0.188. The standard InChI is InChI=1S/C16H22FNO/c17-14-5-3-4-13(10-14)16(7-1-2-8-16)12-18-15-6-9-19-11-15/h3-5,10,15,18H,1-2,6-9,11-12H2/t15-/m1/s1. The molecule has 0 unspecified atom stereocenters. The molecule has 1 atom stereocenters. The molecule has 1 N–H and O–H groups in total. The predicted octanol–water partition coefficient (Wildman–Crippen LogP) is 3.02. The van der Waals surface area contributed by atoms with Gasteiger partial charge in [-0.1, -0.05) is 25.0 Å². The van der Waals surface area contributed by atoms with Crippen LogP contribution >= 0.6 is 0 Å². The van der Waals surface area contributed by atoms with Crippen LogP contribution in [0.4, 0.5) is 4.39 Å². The highest BCUT2D eigenvalue weighted by molar-refractivity contribution is 5.28. The fraction of sp³-hybridized carbons (Fsp3) is 0.625. The van der Waals surface area contributed by atoms with Gasteiger partial charge in [-0.05, 0) is 37.0 Å². The highest BCUT2D eigenvalue weighted by atomic mass is 19.1. The minimum Gasteiger partial charge on any atom is -0.380 e. The lowest BCUT2D eigenvalue weighted by Gasteiger charge is -2.31. The van der Waals surface area contributed by atoms with Crippen molar-refractivity contribution in [1.82, 2.24) is 5.32 Å². The second-order valence-corrected chi connectivity index (χ2v) is 5.94. The summed E-state index contributed by atoms with van der Waals surface area (Å²) in [6, 6.07) is 7.65. The molecule has 1 saturated carbocycles. The SMILES string of the molecule is Fc1cccc(C2(CN[C@@H]3CCOC3)CCCC2)c1. The van der Waals surface area contributed by atoms with Crippen LogP contribution < -0.4 is 5.32 Å². The van der Waals surface area contributed by atoms with E-state index in [-0.39, 0.29) is 11.2 Å². The summed E-state index contributed by atoms with van der Waals surface area (Å²) in [6.45, 7) is 2.63. The van der Waals surface area contributed by atoms with Crippen LogP contribution in [0, 0.1) is 5.82 Å². The number of benzene rings is 1. The first-order valence-electron chi connectivity index (χ1n) is 7.36.